The van der Waals surface area contributed by atoms with Crippen LogP contribution in [-0.4, -0.2) is 16.3 Å². The Kier molecular flexibility index (Phi) is 5.88. The van der Waals surface area contributed by atoms with E-state index in [4.69, 9.17) is 10.2 Å². The van der Waals surface area contributed by atoms with E-state index in [1.807, 2.05) is 6.08 Å². The van der Waals surface area contributed by atoms with E-state index in [0.717, 1.165) is 19.1 Å². The van der Waals surface area contributed by atoms with Crippen LogP contribution in [0, 0.1) is 0 Å². The highest BCUT2D eigenvalue weighted by atomic mass is 16.3. The molecule has 10 heavy (non-hydrogen) atoms. The lowest BCUT2D eigenvalue weighted by atomic mass is 10.2. The summed E-state index contributed by atoms with van der Waals surface area (Å²) in [5.41, 5.74) is 0. The summed E-state index contributed by atoms with van der Waals surface area (Å²) in [6.45, 7) is 1.76. The molecule has 0 aliphatic rings. The summed E-state index contributed by atoms with van der Waals surface area (Å²) in [7, 11) is 0. The minimum atomic E-state index is -0.234. The van der Waals surface area contributed by atoms with Gasteiger partial charge in [0.1, 0.15) is 0 Å². The molecule has 1 unspecified atom stereocenters. The third-order valence-corrected chi connectivity index (χ3v) is 1.08. The maximum Gasteiger partial charge on any atom is 0.0791 e. The SMILES string of the molecule is CC(O)CC/C=C/C=C/O. The molecule has 0 aromatic rings. The van der Waals surface area contributed by atoms with Gasteiger partial charge in [-0.2, -0.15) is 0 Å². The Hall–Kier alpha value is -0.760. The molecule has 0 rings (SSSR count). The summed E-state index contributed by atoms with van der Waals surface area (Å²) in [4.78, 5) is 0. The average Bonchev–Trinajstić information content (AvgIpc) is 1.87. The number of hydrogen-bond donors (Lipinski definition) is 2. The first-order valence-corrected chi connectivity index (χ1v) is 3.41. The molecule has 0 aromatic carbocycles. The average molecular weight is 142 g/mol. The van der Waals surface area contributed by atoms with E-state index >= 15 is 0 Å². The fourth-order valence-corrected chi connectivity index (χ4v) is 0.562. The van der Waals surface area contributed by atoms with Crippen molar-refractivity contribution in [1.29, 1.82) is 0 Å². The van der Waals surface area contributed by atoms with Gasteiger partial charge >= 0.3 is 0 Å². The Morgan fingerprint density at radius 2 is 2.10 bits per heavy atom. The van der Waals surface area contributed by atoms with Crippen LogP contribution in [-0.2, 0) is 0 Å². The minimum Gasteiger partial charge on any atom is -0.516 e. The number of hydrogen-bond acceptors (Lipinski definition) is 2. The molecule has 0 heterocycles. The zero-order chi connectivity index (χ0) is 7.82. The lowest BCUT2D eigenvalue weighted by Crippen LogP contribution is -1.96. The van der Waals surface area contributed by atoms with Crippen LogP contribution in [0.15, 0.2) is 24.5 Å². The first-order chi connectivity index (χ1) is 4.77. The number of aliphatic hydroxyl groups excluding tert-OH is 2. The molecular formula is C8H14O2. The van der Waals surface area contributed by atoms with Crippen molar-refractivity contribution in [2.75, 3.05) is 0 Å². The van der Waals surface area contributed by atoms with Crippen LogP contribution < -0.4 is 0 Å². The maximum atomic E-state index is 8.81. The van der Waals surface area contributed by atoms with Crippen molar-refractivity contribution in [3.8, 4) is 0 Å². The molecule has 0 aromatic heterocycles. The third-order valence-electron chi connectivity index (χ3n) is 1.08. The van der Waals surface area contributed by atoms with Crippen molar-refractivity contribution < 1.29 is 10.2 Å². The largest absolute Gasteiger partial charge is 0.516 e. The fourth-order valence-electron chi connectivity index (χ4n) is 0.562. The molecular weight excluding hydrogens is 128 g/mol. The van der Waals surface area contributed by atoms with Crippen LogP contribution in [0.2, 0.25) is 0 Å². The van der Waals surface area contributed by atoms with E-state index in [1.54, 1.807) is 19.1 Å². The van der Waals surface area contributed by atoms with Gasteiger partial charge in [0.15, 0.2) is 0 Å². The van der Waals surface area contributed by atoms with Crippen LogP contribution in [0.1, 0.15) is 19.8 Å². The summed E-state index contributed by atoms with van der Waals surface area (Å²) in [5, 5.41) is 17.0. The van der Waals surface area contributed by atoms with E-state index in [9.17, 15) is 0 Å². The Morgan fingerprint density at radius 1 is 1.40 bits per heavy atom. The lowest BCUT2D eigenvalue weighted by molar-refractivity contribution is 0.186. The molecule has 0 aliphatic carbocycles. The smallest absolute Gasteiger partial charge is 0.0791 e. The van der Waals surface area contributed by atoms with E-state index in [1.165, 1.54) is 0 Å². The summed E-state index contributed by atoms with van der Waals surface area (Å²) in [5.74, 6) is 0. The summed E-state index contributed by atoms with van der Waals surface area (Å²) >= 11 is 0. The molecule has 0 radical (unpaired) electrons. The van der Waals surface area contributed by atoms with Crippen molar-refractivity contribution in [1.82, 2.24) is 0 Å². The number of aliphatic hydroxyl groups is 2. The first kappa shape index (κ1) is 9.24. The molecule has 0 saturated carbocycles. The van der Waals surface area contributed by atoms with Gasteiger partial charge in [-0.1, -0.05) is 12.2 Å². The van der Waals surface area contributed by atoms with Gasteiger partial charge in [0.25, 0.3) is 0 Å². The molecule has 0 amide bonds. The zero-order valence-electron chi connectivity index (χ0n) is 6.20. The standard InChI is InChI=1S/C8H14O2/c1-8(10)6-4-2-3-5-7-9/h2-3,5,7-10H,4,6H2,1H3/b3-2+,7-5+. The molecule has 1 atom stereocenters. The van der Waals surface area contributed by atoms with Gasteiger partial charge in [-0.05, 0) is 25.8 Å². The van der Waals surface area contributed by atoms with Crippen molar-refractivity contribution in [2.24, 2.45) is 0 Å². The second-order valence-corrected chi connectivity index (χ2v) is 2.20. The van der Waals surface area contributed by atoms with Crippen LogP contribution in [0.4, 0.5) is 0 Å². The van der Waals surface area contributed by atoms with E-state index < -0.39 is 0 Å². The summed E-state index contributed by atoms with van der Waals surface area (Å²) in [6.07, 6.45) is 7.57. The van der Waals surface area contributed by atoms with Crippen molar-refractivity contribution >= 4 is 0 Å². The summed E-state index contributed by atoms with van der Waals surface area (Å²) < 4.78 is 0. The number of allylic oxidation sites excluding steroid dienone is 3. The molecule has 0 saturated heterocycles. The summed E-state index contributed by atoms with van der Waals surface area (Å²) in [6, 6.07) is 0. The van der Waals surface area contributed by atoms with Gasteiger partial charge < -0.3 is 10.2 Å². The second-order valence-electron chi connectivity index (χ2n) is 2.20. The quantitative estimate of drug-likeness (QED) is 0.464. The van der Waals surface area contributed by atoms with Crippen LogP contribution >= 0.6 is 0 Å². The highest BCUT2D eigenvalue weighted by molar-refractivity contribution is 4.98. The Bertz CT molecular complexity index is 114. The fraction of sp³-hybridized carbons (Fsp3) is 0.500. The highest BCUT2D eigenvalue weighted by Gasteiger charge is 1.89. The van der Waals surface area contributed by atoms with E-state index in [2.05, 4.69) is 0 Å². The molecule has 0 spiro atoms. The first-order valence-electron chi connectivity index (χ1n) is 3.41. The molecule has 0 aliphatic heterocycles. The van der Waals surface area contributed by atoms with Crippen molar-refractivity contribution in [3.63, 3.8) is 0 Å². The minimum absolute atomic E-state index is 0.234. The predicted molar refractivity (Wildman–Crippen MR) is 41.8 cm³/mol. The van der Waals surface area contributed by atoms with Crippen LogP contribution in [0.5, 0.6) is 0 Å². The normalized spacial score (nSPS) is 15.0. The molecule has 2 heteroatoms. The molecule has 58 valence electrons. The monoisotopic (exact) mass is 142 g/mol. The van der Waals surface area contributed by atoms with Gasteiger partial charge in [-0.3, -0.25) is 0 Å². The highest BCUT2D eigenvalue weighted by Crippen LogP contribution is 1.96. The Balaban J connectivity index is 3.18. The molecule has 0 fully saturated rings. The maximum absolute atomic E-state index is 8.81. The van der Waals surface area contributed by atoms with Crippen LogP contribution in [0.25, 0.3) is 0 Å². The Morgan fingerprint density at radius 3 is 2.60 bits per heavy atom. The van der Waals surface area contributed by atoms with Crippen molar-refractivity contribution in [2.45, 2.75) is 25.9 Å². The third kappa shape index (κ3) is 7.24. The molecule has 2 N–H and O–H groups in total. The Labute approximate surface area is 61.5 Å². The van der Waals surface area contributed by atoms with Gasteiger partial charge in [0.2, 0.25) is 0 Å². The van der Waals surface area contributed by atoms with Gasteiger partial charge in [-0.15, -0.1) is 0 Å². The zero-order valence-corrected chi connectivity index (χ0v) is 6.20. The molecule has 2 nitrogen and oxygen atoms in total. The van der Waals surface area contributed by atoms with Gasteiger partial charge in [0, 0.05) is 0 Å². The second kappa shape index (κ2) is 6.36. The van der Waals surface area contributed by atoms with E-state index in [-0.39, 0.29) is 6.10 Å². The lowest BCUT2D eigenvalue weighted by Gasteiger charge is -1.97. The topological polar surface area (TPSA) is 40.5 Å². The van der Waals surface area contributed by atoms with Gasteiger partial charge in [-0.25, -0.2) is 0 Å². The predicted octanol–water partition coefficient (Wildman–Crippen LogP) is 1.78. The van der Waals surface area contributed by atoms with Gasteiger partial charge in [0.05, 0.1) is 12.4 Å². The van der Waals surface area contributed by atoms with E-state index in [0.29, 0.717) is 0 Å². The van der Waals surface area contributed by atoms with Crippen LogP contribution in [0.3, 0.4) is 0 Å². The number of rotatable bonds is 4. The van der Waals surface area contributed by atoms with Crippen molar-refractivity contribution in [3.05, 3.63) is 24.5 Å². The molecule has 0 bridgehead atoms.